The van der Waals surface area contributed by atoms with Gasteiger partial charge in [-0.05, 0) is 24.5 Å². The largest absolute Gasteiger partial charge is 0.406 e. The number of fused-ring (bicyclic) bond motifs is 1. The van der Waals surface area contributed by atoms with E-state index in [1.54, 1.807) is 54.6 Å². The van der Waals surface area contributed by atoms with E-state index in [2.05, 4.69) is 10.3 Å². The molecule has 0 radical (unpaired) electrons. The van der Waals surface area contributed by atoms with Gasteiger partial charge in [-0.3, -0.25) is 4.79 Å². The predicted molar refractivity (Wildman–Crippen MR) is 135 cm³/mol. The molecule has 3 aromatic carbocycles. The minimum Gasteiger partial charge on any atom is -0.379 e. The van der Waals surface area contributed by atoms with Crippen molar-refractivity contribution in [1.29, 1.82) is 0 Å². The van der Waals surface area contributed by atoms with E-state index < -0.39 is 33.7 Å². The van der Waals surface area contributed by atoms with E-state index in [0.29, 0.717) is 23.9 Å². The van der Waals surface area contributed by atoms with Crippen LogP contribution in [0.15, 0.2) is 84.9 Å². The number of para-hydroxylation sites is 1. The first kappa shape index (κ1) is 26.2. The fraction of sp³-hybridized carbons (Fsp3) is 0.185. The number of nitrogens with one attached hydrogen (secondary N) is 1. The van der Waals surface area contributed by atoms with E-state index >= 15 is 0 Å². The van der Waals surface area contributed by atoms with Crippen LogP contribution in [0, 0.1) is 0 Å². The van der Waals surface area contributed by atoms with Gasteiger partial charge in [0.25, 0.3) is 5.91 Å². The van der Waals surface area contributed by atoms with Crippen LogP contribution < -0.4 is 9.50 Å². The number of rotatable bonds is 9. The van der Waals surface area contributed by atoms with Gasteiger partial charge in [-0.2, -0.15) is 21.6 Å². The number of pyridine rings is 1. The molecule has 0 atom stereocenters. The molecule has 4 rings (SSSR count). The molecule has 0 spiro atoms. The summed E-state index contributed by atoms with van der Waals surface area (Å²) in [7, 11) is -5.15. The molecule has 0 aliphatic heterocycles. The average molecular weight is 529 g/mol. The summed E-state index contributed by atoms with van der Waals surface area (Å²) in [6.07, 6.45) is -3.75. The summed E-state index contributed by atoms with van der Waals surface area (Å²) < 4.78 is 68.8. The van der Waals surface area contributed by atoms with Crippen LogP contribution in [0.25, 0.3) is 22.2 Å². The lowest BCUT2D eigenvalue weighted by Gasteiger charge is -2.18. The molecule has 192 valence electrons. The van der Waals surface area contributed by atoms with Crippen molar-refractivity contribution in [2.75, 3.05) is 12.3 Å². The molecule has 1 aromatic heterocycles. The zero-order valence-electron chi connectivity index (χ0n) is 19.5. The summed E-state index contributed by atoms with van der Waals surface area (Å²) in [6, 6.07) is 24.3. The highest BCUT2D eigenvalue weighted by Gasteiger charge is 2.38. The lowest BCUT2D eigenvalue weighted by Crippen LogP contribution is -2.29. The van der Waals surface area contributed by atoms with Gasteiger partial charge in [0.05, 0.1) is 11.1 Å². The lowest BCUT2D eigenvalue weighted by molar-refractivity contribution is -0.107. The Bertz CT molecular complexity index is 1490. The second kappa shape index (κ2) is 11.0. The van der Waals surface area contributed by atoms with Gasteiger partial charge in [-0.15, -0.1) is 0 Å². The highest BCUT2D eigenvalue weighted by Crippen LogP contribution is 2.38. The molecule has 0 bridgehead atoms. The molecule has 6 nitrogen and oxygen atoms in total. The normalized spacial score (nSPS) is 11.9. The molecule has 0 saturated heterocycles. The Morgan fingerprint density at radius 2 is 1.51 bits per heavy atom. The number of hydrogen-bond acceptors (Lipinski definition) is 5. The Morgan fingerprint density at radius 3 is 2.19 bits per heavy atom. The van der Waals surface area contributed by atoms with Crippen molar-refractivity contribution in [3.63, 3.8) is 0 Å². The number of nitrogens with zero attached hydrogens (tertiary/aromatic N) is 1. The number of aryl methyl sites for hydroxylation is 1. The maximum Gasteiger partial charge on any atom is 0.406 e. The number of hydrogen-bond donors (Lipinski definition) is 1. The van der Waals surface area contributed by atoms with Gasteiger partial charge in [0.2, 0.25) is 0 Å². The highest BCUT2D eigenvalue weighted by atomic mass is 32.2. The molecule has 1 amide bonds. The van der Waals surface area contributed by atoms with E-state index in [-0.39, 0.29) is 23.2 Å². The van der Waals surface area contributed by atoms with E-state index in [1.165, 1.54) is 0 Å². The van der Waals surface area contributed by atoms with Gasteiger partial charge < -0.3 is 9.50 Å². The summed E-state index contributed by atoms with van der Waals surface area (Å²) in [5, 5.41) is 3.00. The summed E-state index contributed by atoms with van der Waals surface area (Å²) in [5.74, 6) is -3.44. The minimum atomic E-state index is -5.15. The Hall–Kier alpha value is -3.92. The van der Waals surface area contributed by atoms with E-state index in [0.717, 1.165) is 5.56 Å². The number of alkyl halides is 3. The van der Waals surface area contributed by atoms with Gasteiger partial charge in [0, 0.05) is 17.5 Å². The first-order valence-corrected chi connectivity index (χ1v) is 13.0. The molecule has 4 aromatic rings. The number of carbonyl (C=O) groups excluding carboxylic acids is 1. The van der Waals surface area contributed by atoms with Crippen molar-refractivity contribution in [2.45, 2.75) is 19.0 Å². The van der Waals surface area contributed by atoms with Gasteiger partial charge in [-0.25, -0.2) is 4.98 Å². The van der Waals surface area contributed by atoms with E-state index in [1.807, 2.05) is 30.3 Å². The predicted octanol–water partition coefficient (Wildman–Crippen LogP) is 5.54. The third-order valence-electron chi connectivity index (χ3n) is 5.44. The maximum absolute atomic E-state index is 13.4. The molecule has 0 fully saturated rings. The smallest absolute Gasteiger partial charge is 0.379 e. The Labute approximate surface area is 212 Å². The van der Waals surface area contributed by atoms with Crippen LogP contribution >= 0.6 is 0 Å². The first-order valence-electron chi connectivity index (χ1n) is 11.4. The van der Waals surface area contributed by atoms with Crippen molar-refractivity contribution in [1.82, 2.24) is 10.3 Å². The summed E-state index contributed by atoms with van der Waals surface area (Å²) in [6.45, 7) is 0.250. The number of halogens is 3. The Kier molecular flexibility index (Phi) is 7.77. The molecule has 0 unspecified atom stereocenters. The topological polar surface area (TPSA) is 85.4 Å². The zero-order chi connectivity index (χ0) is 26.5. The van der Waals surface area contributed by atoms with Crippen molar-refractivity contribution in [2.24, 2.45) is 0 Å². The van der Waals surface area contributed by atoms with Crippen LogP contribution in [0.1, 0.15) is 22.3 Å². The average Bonchev–Trinajstić information content (AvgIpc) is 2.85. The lowest BCUT2D eigenvalue weighted by atomic mass is 10.0. The third kappa shape index (κ3) is 6.85. The Balaban J connectivity index is 1.76. The zero-order valence-corrected chi connectivity index (χ0v) is 20.4. The van der Waals surface area contributed by atoms with Crippen LogP contribution in [0.2, 0.25) is 0 Å². The number of benzene rings is 3. The summed E-state index contributed by atoms with van der Waals surface area (Å²) in [4.78, 5) is 17.9. The standard InChI is InChI=1S/C27H23F3N2O4S/c28-27(29,30)18-37(34,35)36-25-23(26(33)31-17-9-12-19-10-3-1-4-11-19)21-15-7-8-16-22(21)32-24(25)20-13-5-2-6-14-20/h1-8,10-11,13-16H,9,12,17-18H2,(H,31,33). The number of amides is 1. The van der Waals surface area contributed by atoms with Gasteiger partial charge in [-0.1, -0.05) is 78.9 Å². The number of aromatic nitrogens is 1. The molecule has 1 heterocycles. The van der Waals surface area contributed by atoms with Crippen LogP contribution in [-0.2, 0) is 16.5 Å². The van der Waals surface area contributed by atoms with E-state index in [4.69, 9.17) is 4.18 Å². The third-order valence-corrected chi connectivity index (χ3v) is 6.54. The van der Waals surface area contributed by atoms with Crippen molar-refractivity contribution >= 4 is 26.9 Å². The van der Waals surface area contributed by atoms with Crippen LogP contribution in [0.5, 0.6) is 5.75 Å². The fourth-order valence-corrected chi connectivity index (χ4v) is 4.75. The van der Waals surface area contributed by atoms with Crippen molar-refractivity contribution in [3.05, 3.63) is 96.1 Å². The second-order valence-corrected chi connectivity index (χ2v) is 9.86. The number of carbonyl (C=O) groups is 1. The summed E-state index contributed by atoms with van der Waals surface area (Å²) in [5.41, 5.74) is 1.56. The highest BCUT2D eigenvalue weighted by molar-refractivity contribution is 7.87. The van der Waals surface area contributed by atoms with E-state index in [9.17, 15) is 26.4 Å². The van der Waals surface area contributed by atoms with Crippen LogP contribution in [0.4, 0.5) is 13.2 Å². The molecule has 10 heteroatoms. The molecular weight excluding hydrogens is 505 g/mol. The van der Waals surface area contributed by atoms with Crippen LogP contribution in [0.3, 0.4) is 0 Å². The molecular formula is C27H23F3N2O4S. The van der Waals surface area contributed by atoms with Crippen molar-refractivity contribution in [3.8, 4) is 17.0 Å². The molecule has 0 aliphatic carbocycles. The Morgan fingerprint density at radius 1 is 0.892 bits per heavy atom. The minimum absolute atomic E-state index is 0.0560. The molecule has 1 N–H and O–H groups in total. The fourth-order valence-electron chi connectivity index (χ4n) is 3.88. The maximum atomic E-state index is 13.4. The molecule has 0 saturated carbocycles. The van der Waals surface area contributed by atoms with Gasteiger partial charge in [0.1, 0.15) is 5.69 Å². The molecule has 37 heavy (non-hydrogen) atoms. The van der Waals surface area contributed by atoms with Gasteiger partial charge in [0.15, 0.2) is 11.5 Å². The van der Waals surface area contributed by atoms with Crippen LogP contribution in [-0.4, -0.2) is 37.8 Å². The summed E-state index contributed by atoms with van der Waals surface area (Å²) >= 11 is 0. The second-order valence-electron chi connectivity index (χ2n) is 8.29. The SMILES string of the molecule is O=C(NCCCc1ccccc1)c1c(OS(=O)(=O)CC(F)(F)F)c(-c2ccccc2)nc2ccccc12. The first-order chi connectivity index (χ1) is 17.6. The van der Waals surface area contributed by atoms with Gasteiger partial charge >= 0.3 is 16.3 Å². The van der Waals surface area contributed by atoms with Crippen molar-refractivity contribution < 1.29 is 30.6 Å². The molecule has 0 aliphatic rings. The quantitative estimate of drug-likeness (QED) is 0.228. The monoisotopic (exact) mass is 528 g/mol.